The molecule has 0 aliphatic carbocycles. The fourth-order valence-electron chi connectivity index (χ4n) is 2.20. The number of nitrogens with zero attached hydrogens (tertiary/aromatic N) is 1. The molecule has 1 aromatic rings. The molecule has 21 heavy (non-hydrogen) atoms. The number of primary sulfonamides is 1. The predicted molar refractivity (Wildman–Crippen MR) is 76.4 cm³/mol. The summed E-state index contributed by atoms with van der Waals surface area (Å²) in [6.07, 6.45) is 2.18. The second kappa shape index (κ2) is 5.80. The van der Waals surface area contributed by atoms with E-state index in [0.717, 1.165) is 18.6 Å². The zero-order chi connectivity index (χ0) is 15.6. The Hall–Kier alpha value is -1.97. The van der Waals surface area contributed by atoms with Crippen LogP contribution in [0.25, 0.3) is 0 Å². The van der Waals surface area contributed by atoms with Crippen LogP contribution in [-0.4, -0.2) is 32.1 Å². The zero-order valence-corrected chi connectivity index (χ0v) is 11.9. The predicted octanol–water partition coefficient (Wildman–Crippen LogP) is 0.998. The average Bonchev–Trinajstić information content (AvgIpc) is 2.84. The van der Waals surface area contributed by atoms with E-state index in [9.17, 15) is 18.5 Å². The second-order valence-electron chi connectivity index (χ2n) is 4.60. The number of anilines is 1. The Labute approximate surface area is 121 Å². The van der Waals surface area contributed by atoms with Crippen LogP contribution in [0.1, 0.15) is 6.42 Å². The topological polar surface area (TPSA) is 125 Å². The first-order valence-corrected chi connectivity index (χ1v) is 7.69. The monoisotopic (exact) mass is 313 g/mol. The fraction of sp³-hybridized carbons (Fsp3) is 0.333. The van der Waals surface area contributed by atoms with Crippen LogP contribution in [0.3, 0.4) is 0 Å². The molecule has 0 unspecified atom stereocenters. The number of hydrogen-bond donors (Lipinski definition) is 2. The quantitative estimate of drug-likeness (QED) is 0.474. The molecule has 8 nitrogen and oxygen atoms in total. The lowest BCUT2D eigenvalue weighted by Gasteiger charge is -2.18. The Morgan fingerprint density at radius 2 is 2.24 bits per heavy atom. The summed E-state index contributed by atoms with van der Waals surface area (Å²) in [6.45, 7) is 4.22. The summed E-state index contributed by atoms with van der Waals surface area (Å²) in [5.74, 6) is 0. The summed E-state index contributed by atoms with van der Waals surface area (Å²) >= 11 is 0. The van der Waals surface area contributed by atoms with E-state index in [0.29, 0.717) is 12.3 Å². The lowest BCUT2D eigenvalue weighted by Crippen LogP contribution is -2.27. The lowest BCUT2D eigenvalue weighted by atomic mass is 10.1. The minimum Gasteiger partial charge on any atom is -0.379 e. The molecule has 1 aliphatic rings. The summed E-state index contributed by atoms with van der Waals surface area (Å²) in [5.41, 5.74) is -0.131. The van der Waals surface area contributed by atoms with Gasteiger partial charge in [-0.25, -0.2) is 13.6 Å². The van der Waals surface area contributed by atoms with Crippen LogP contribution in [0.4, 0.5) is 11.4 Å². The van der Waals surface area contributed by atoms with Crippen LogP contribution in [0.15, 0.2) is 35.7 Å². The average molecular weight is 313 g/mol. The molecule has 2 atom stereocenters. The van der Waals surface area contributed by atoms with E-state index in [4.69, 9.17) is 9.88 Å². The van der Waals surface area contributed by atoms with E-state index in [1.807, 2.05) is 0 Å². The summed E-state index contributed by atoms with van der Waals surface area (Å²) in [5, 5.41) is 19.0. The number of nitro groups is 1. The van der Waals surface area contributed by atoms with Gasteiger partial charge < -0.3 is 10.1 Å². The number of hydrogen-bond acceptors (Lipinski definition) is 6. The normalized spacial score (nSPS) is 22.0. The smallest absolute Gasteiger partial charge is 0.291 e. The SMILES string of the molecule is C=C[C@@H]1OCC[C@H]1Nc1ccc(S(N)(=O)=O)c([N+](=O)[O-])c1. The highest BCUT2D eigenvalue weighted by atomic mass is 32.2. The number of ether oxygens (including phenoxy) is 1. The first kappa shape index (κ1) is 15.4. The molecule has 1 heterocycles. The Balaban J connectivity index is 2.32. The molecule has 0 bridgehead atoms. The summed E-state index contributed by atoms with van der Waals surface area (Å²) < 4.78 is 28.1. The van der Waals surface area contributed by atoms with Gasteiger partial charge in [-0.05, 0) is 18.6 Å². The Morgan fingerprint density at radius 1 is 1.52 bits per heavy atom. The van der Waals surface area contributed by atoms with Crippen molar-refractivity contribution in [3.63, 3.8) is 0 Å². The van der Waals surface area contributed by atoms with Crippen LogP contribution >= 0.6 is 0 Å². The van der Waals surface area contributed by atoms with Crippen molar-refractivity contribution >= 4 is 21.4 Å². The van der Waals surface area contributed by atoms with Gasteiger partial charge in [0.15, 0.2) is 4.90 Å². The van der Waals surface area contributed by atoms with E-state index in [2.05, 4.69) is 11.9 Å². The summed E-state index contributed by atoms with van der Waals surface area (Å²) in [7, 11) is -4.15. The molecule has 0 saturated carbocycles. The molecule has 1 saturated heterocycles. The third-order valence-corrected chi connectivity index (χ3v) is 4.14. The summed E-state index contributed by atoms with van der Waals surface area (Å²) in [4.78, 5) is 9.71. The maximum absolute atomic E-state index is 11.3. The van der Waals surface area contributed by atoms with Crippen LogP contribution < -0.4 is 10.5 Å². The van der Waals surface area contributed by atoms with Crippen LogP contribution in [-0.2, 0) is 14.8 Å². The van der Waals surface area contributed by atoms with Crippen LogP contribution in [0.5, 0.6) is 0 Å². The third kappa shape index (κ3) is 3.38. The van der Waals surface area contributed by atoms with Crippen LogP contribution in [0, 0.1) is 10.1 Å². The van der Waals surface area contributed by atoms with Gasteiger partial charge in [-0.2, -0.15) is 0 Å². The maximum Gasteiger partial charge on any atom is 0.291 e. The number of nitrogens with two attached hydrogens (primary N) is 1. The molecule has 2 rings (SSSR count). The van der Waals surface area contributed by atoms with Crippen molar-refractivity contribution in [2.75, 3.05) is 11.9 Å². The number of benzene rings is 1. The van der Waals surface area contributed by atoms with Crippen molar-refractivity contribution < 1.29 is 18.1 Å². The highest BCUT2D eigenvalue weighted by Crippen LogP contribution is 2.28. The number of sulfonamides is 1. The molecular formula is C12H15N3O5S. The zero-order valence-electron chi connectivity index (χ0n) is 11.1. The van der Waals surface area contributed by atoms with Gasteiger partial charge in [-0.1, -0.05) is 6.08 Å². The molecule has 1 fully saturated rings. The van der Waals surface area contributed by atoms with Gasteiger partial charge in [0.2, 0.25) is 10.0 Å². The first-order chi connectivity index (χ1) is 9.82. The number of nitro benzene ring substituents is 1. The third-order valence-electron chi connectivity index (χ3n) is 3.18. The van der Waals surface area contributed by atoms with Gasteiger partial charge in [0, 0.05) is 18.4 Å². The molecule has 0 spiro atoms. The number of rotatable bonds is 5. The molecule has 9 heteroatoms. The second-order valence-corrected chi connectivity index (χ2v) is 6.13. The Kier molecular flexibility index (Phi) is 4.26. The lowest BCUT2D eigenvalue weighted by molar-refractivity contribution is -0.387. The summed E-state index contributed by atoms with van der Waals surface area (Å²) in [6, 6.07) is 3.64. The molecule has 3 N–H and O–H groups in total. The standard InChI is InChI=1S/C12H15N3O5S/c1-2-11-9(5-6-20-11)14-8-3-4-12(21(13,18)19)10(7-8)15(16)17/h2-4,7,9,11,14H,1,5-6H2,(H2,13,18,19)/t9-,11+/m1/s1. The minimum absolute atomic E-state index is 0.0672. The van der Waals surface area contributed by atoms with Gasteiger partial charge in [0.1, 0.15) is 0 Å². The van der Waals surface area contributed by atoms with Gasteiger partial charge in [-0.3, -0.25) is 10.1 Å². The molecular weight excluding hydrogens is 298 g/mol. The van der Waals surface area contributed by atoms with Crippen LogP contribution in [0.2, 0.25) is 0 Å². The Morgan fingerprint density at radius 3 is 2.81 bits per heavy atom. The van der Waals surface area contributed by atoms with Crippen molar-refractivity contribution in [1.82, 2.24) is 0 Å². The molecule has 1 aromatic carbocycles. The largest absolute Gasteiger partial charge is 0.379 e. The van der Waals surface area contributed by atoms with E-state index in [1.54, 1.807) is 6.08 Å². The van der Waals surface area contributed by atoms with E-state index < -0.39 is 25.5 Å². The van der Waals surface area contributed by atoms with Gasteiger partial charge in [0.25, 0.3) is 5.69 Å². The van der Waals surface area contributed by atoms with Crippen molar-refractivity contribution in [2.45, 2.75) is 23.5 Å². The van der Waals surface area contributed by atoms with Crippen molar-refractivity contribution in [1.29, 1.82) is 0 Å². The van der Waals surface area contributed by atoms with E-state index in [-0.39, 0.29) is 12.1 Å². The van der Waals surface area contributed by atoms with Crippen molar-refractivity contribution in [3.8, 4) is 0 Å². The van der Waals surface area contributed by atoms with Gasteiger partial charge in [-0.15, -0.1) is 6.58 Å². The molecule has 0 radical (unpaired) electrons. The molecule has 0 aromatic heterocycles. The molecule has 0 amide bonds. The highest BCUT2D eigenvalue weighted by Gasteiger charge is 2.27. The van der Waals surface area contributed by atoms with Gasteiger partial charge in [0.05, 0.1) is 17.1 Å². The number of nitrogens with one attached hydrogen (secondary N) is 1. The molecule has 114 valence electrons. The maximum atomic E-state index is 11.3. The highest BCUT2D eigenvalue weighted by molar-refractivity contribution is 7.89. The van der Waals surface area contributed by atoms with Gasteiger partial charge >= 0.3 is 0 Å². The molecule has 1 aliphatic heterocycles. The fourth-order valence-corrected chi connectivity index (χ4v) is 2.89. The van der Waals surface area contributed by atoms with Crippen molar-refractivity contribution in [2.24, 2.45) is 5.14 Å². The van der Waals surface area contributed by atoms with Crippen molar-refractivity contribution in [3.05, 3.63) is 41.0 Å². The minimum atomic E-state index is -4.15. The Bertz CT molecular complexity index is 673. The van der Waals surface area contributed by atoms with E-state index in [1.165, 1.54) is 6.07 Å². The van der Waals surface area contributed by atoms with E-state index >= 15 is 0 Å². The first-order valence-electron chi connectivity index (χ1n) is 6.15.